The van der Waals surface area contributed by atoms with E-state index in [2.05, 4.69) is 0 Å². The number of phenols is 2. The zero-order valence-electron chi connectivity index (χ0n) is 16.0. The SMILES string of the molecule is O=C1/C=C/CCC2OC2CCOC(=O)c2c(O)cc(O)cc2C1.c1ccccc1. The first-order valence-electron chi connectivity index (χ1n) is 9.61. The molecule has 2 aliphatic rings. The zero-order chi connectivity index (χ0) is 20.6. The molecule has 2 unspecified atom stereocenters. The summed E-state index contributed by atoms with van der Waals surface area (Å²) in [7, 11) is 0. The van der Waals surface area contributed by atoms with E-state index in [1.807, 2.05) is 36.4 Å². The van der Waals surface area contributed by atoms with Gasteiger partial charge in [-0.25, -0.2) is 4.79 Å². The highest BCUT2D eigenvalue weighted by Crippen LogP contribution is 2.31. The summed E-state index contributed by atoms with van der Waals surface area (Å²) in [5, 5.41) is 19.5. The molecule has 2 aromatic carbocycles. The third-order valence-corrected chi connectivity index (χ3v) is 4.66. The highest BCUT2D eigenvalue weighted by atomic mass is 16.6. The number of hydrogen-bond donors (Lipinski definition) is 2. The van der Waals surface area contributed by atoms with Crippen LogP contribution in [0, 0.1) is 0 Å². The highest BCUT2D eigenvalue weighted by molar-refractivity contribution is 5.98. The van der Waals surface area contributed by atoms with Gasteiger partial charge in [-0.3, -0.25) is 4.79 Å². The predicted octanol–water partition coefficient (Wildman–Crippen LogP) is 3.56. The summed E-state index contributed by atoms with van der Waals surface area (Å²) in [6.07, 6.45) is 5.58. The zero-order valence-corrected chi connectivity index (χ0v) is 16.0. The summed E-state index contributed by atoms with van der Waals surface area (Å²) in [5.41, 5.74) is 0.176. The molecule has 0 spiro atoms. The lowest BCUT2D eigenvalue weighted by molar-refractivity contribution is -0.114. The molecule has 0 aromatic heterocycles. The molecule has 0 aliphatic carbocycles. The Balaban J connectivity index is 0.000000343. The fourth-order valence-electron chi connectivity index (χ4n) is 3.18. The van der Waals surface area contributed by atoms with Crippen molar-refractivity contribution in [3.63, 3.8) is 0 Å². The van der Waals surface area contributed by atoms with E-state index < -0.39 is 11.7 Å². The van der Waals surface area contributed by atoms with Gasteiger partial charge in [0.15, 0.2) is 5.78 Å². The molecule has 0 bridgehead atoms. The van der Waals surface area contributed by atoms with E-state index in [9.17, 15) is 19.8 Å². The van der Waals surface area contributed by atoms with Crippen molar-refractivity contribution < 1.29 is 29.3 Å². The van der Waals surface area contributed by atoms with Gasteiger partial charge < -0.3 is 19.7 Å². The molecule has 2 heterocycles. The normalized spacial score (nSPS) is 22.6. The van der Waals surface area contributed by atoms with Crippen LogP contribution in [-0.2, 0) is 20.7 Å². The fourth-order valence-corrected chi connectivity index (χ4v) is 3.18. The summed E-state index contributed by atoms with van der Waals surface area (Å²) in [6, 6.07) is 14.4. The molecule has 6 heteroatoms. The molecular weight excluding hydrogens is 372 g/mol. The first-order chi connectivity index (χ1) is 14.0. The average molecular weight is 396 g/mol. The summed E-state index contributed by atoms with van der Waals surface area (Å²) < 4.78 is 10.6. The topological polar surface area (TPSA) is 96.4 Å². The molecule has 2 aromatic rings. The molecule has 1 fully saturated rings. The number of carbonyl (C=O) groups excluding carboxylic acids is 2. The number of ketones is 1. The molecule has 29 heavy (non-hydrogen) atoms. The van der Waals surface area contributed by atoms with Gasteiger partial charge in [-0.1, -0.05) is 42.5 Å². The van der Waals surface area contributed by atoms with Gasteiger partial charge in [0, 0.05) is 18.9 Å². The first-order valence-corrected chi connectivity index (χ1v) is 9.61. The predicted molar refractivity (Wildman–Crippen MR) is 107 cm³/mol. The van der Waals surface area contributed by atoms with Crippen molar-refractivity contribution in [1.29, 1.82) is 0 Å². The number of esters is 1. The van der Waals surface area contributed by atoms with Crippen LogP contribution in [0.3, 0.4) is 0 Å². The van der Waals surface area contributed by atoms with E-state index >= 15 is 0 Å². The molecule has 0 radical (unpaired) electrons. The second-order valence-electron chi connectivity index (χ2n) is 6.91. The second-order valence-corrected chi connectivity index (χ2v) is 6.91. The maximum atomic E-state index is 12.2. The molecule has 1 saturated heterocycles. The summed E-state index contributed by atoms with van der Waals surface area (Å²) >= 11 is 0. The van der Waals surface area contributed by atoms with E-state index in [1.165, 1.54) is 12.1 Å². The van der Waals surface area contributed by atoms with Crippen molar-refractivity contribution in [2.45, 2.75) is 37.9 Å². The van der Waals surface area contributed by atoms with Crippen LogP contribution in [0.2, 0.25) is 0 Å². The van der Waals surface area contributed by atoms with Gasteiger partial charge in [0.05, 0.1) is 18.8 Å². The van der Waals surface area contributed by atoms with Crippen molar-refractivity contribution in [3.8, 4) is 11.5 Å². The van der Waals surface area contributed by atoms with Gasteiger partial charge in [-0.15, -0.1) is 0 Å². The number of ether oxygens (including phenoxy) is 2. The Morgan fingerprint density at radius 3 is 2.24 bits per heavy atom. The Bertz CT molecular complexity index is 848. The van der Waals surface area contributed by atoms with Gasteiger partial charge in [0.1, 0.15) is 17.1 Å². The minimum Gasteiger partial charge on any atom is -0.508 e. The number of cyclic esters (lactones) is 1. The van der Waals surface area contributed by atoms with Crippen LogP contribution in [0.1, 0.15) is 35.2 Å². The molecule has 0 saturated carbocycles. The van der Waals surface area contributed by atoms with Crippen molar-refractivity contribution >= 4 is 11.8 Å². The van der Waals surface area contributed by atoms with Crippen LogP contribution in [0.5, 0.6) is 11.5 Å². The molecule has 4 rings (SSSR count). The third kappa shape index (κ3) is 6.19. The first kappa shape index (κ1) is 20.6. The van der Waals surface area contributed by atoms with Crippen LogP contribution in [0.4, 0.5) is 0 Å². The van der Waals surface area contributed by atoms with Gasteiger partial charge in [-0.05, 0) is 30.5 Å². The van der Waals surface area contributed by atoms with Gasteiger partial charge >= 0.3 is 5.97 Å². The third-order valence-electron chi connectivity index (χ3n) is 4.66. The summed E-state index contributed by atoms with van der Waals surface area (Å²) in [5.74, 6) is -1.52. The number of fused-ring (bicyclic) bond motifs is 2. The minimum absolute atomic E-state index is 0.0742. The van der Waals surface area contributed by atoms with Crippen LogP contribution in [0.25, 0.3) is 0 Å². The molecule has 2 atom stereocenters. The Morgan fingerprint density at radius 2 is 1.55 bits per heavy atom. The Labute approximate surface area is 169 Å². The lowest BCUT2D eigenvalue weighted by Crippen LogP contribution is -2.13. The number of rotatable bonds is 0. The van der Waals surface area contributed by atoms with Gasteiger partial charge in [0.25, 0.3) is 0 Å². The number of phenolic OH excluding ortho intramolecular Hbond substituents is 2. The van der Waals surface area contributed by atoms with Crippen LogP contribution in [0.15, 0.2) is 60.7 Å². The van der Waals surface area contributed by atoms with E-state index in [0.717, 1.165) is 18.9 Å². The molecule has 152 valence electrons. The number of allylic oxidation sites excluding steroid dienone is 2. The second kappa shape index (κ2) is 9.89. The van der Waals surface area contributed by atoms with Crippen LogP contribution in [-0.4, -0.2) is 40.8 Å². The maximum Gasteiger partial charge on any atom is 0.342 e. The van der Waals surface area contributed by atoms with E-state index in [0.29, 0.717) is 6.42 Å². The van der Waals surface area contributed by atoms with Crippen LogP contribution >= 0.6 is 0 Å². The van der Waals surface area contributed by atoms with E-state index in [4.69, 9.17) is 9.47 Å². The molecular formula is C23H24O6. The largest absolute Gasteiger partial charge is 0.508 e. The Kier molecular flexibility index (Phi) is 7.03. The number of benzene rings is 2. The fraction of sp³-hybridized carbons (Fsp3) is 0.304. The number of hydrogen-bond acceptors (Lipinski definition) is 6. The number of epoxide rings is 1. The smallest absolute Gasteiger partial charge is 0.342 e. The number of aromatic hydroxyl groups is 2. The lowest BCUT2D eigenvalue weighted by Gasteiger charge is -2.11. The molecule has 2 aliphatic heterocycles. The van der Waals surface area contributed by atoms with Gasteiger partial charge in [-0.2, -0.15) is 0 Å². The van der Waals surface area contributed by atoms with Crippen LogP contribution < -0.4 is 0 Å². The standard InChI is InChI=1S/C17H18O6.C6H6/c18-11-3-1-2-4-14-15(23-14)5-6-22-17(21)16-10(7-11)8-12(19)9-13(16)20;1-2-4-6-5-3-1/h1,3,8-9,14-15,19-20H,2,4-7H2;1-6H/b3-1+;. The van der Waals surface area contributed by atoms with Crippen molar-refractivity contribution in [3.05, 3.63) is 71.8 Å². The molecule has 2 N–H and O–H groups in total. The highest BCUT2D eigenvalue weighted by Gasteiger charge is 2.37. The molecule has 0 amide bonds. The van der Waals surface area contributed by atoms with Crippen molar-refractivity contribution in [2.75, 3.05) is 6.61 Å². The van der Waals surface area contributed by atoms with E-state index in [1.54, 1.807) is 6.08 Å². The summed E-state index contributed by atoms with van der Waals surface area (Å²) in [6.45, 7) is 0.184. The lowest BCUT2D eigenvalue weighted by atomic mass is 10.00. The quantitative estimate of drug-likeness (QED) is 0.522. The minimum atomic E-state index is -0.705. The Morgan fingerprint density at radius 1 is 0.897 bits per heavy atom. The monoisotopic (exact) mass is 396 g/mol. The summed E-state index contributed by atoms with van der Waals surface area (Å²) in [4.78, 5) is 24.2. The number of carbonyl (C=O) groups is 2. The van der Waals surface area contributed by atoms with Gasteiger partial charge in [0.2, 0.25) is 0 Å². The average Bonchev–Trinajstić information content (AvgIpc) is 3.44. The van der Waals surface area contributed by atoms with E-state index in [-0.39, 0.29) is 47.9 Å². The Hall–Kier alpha value is -3.12. The maximum absolute atomic E-state index is 12.2. The van der Waals surface area contributed by atoms with Crippen molar-refractivity contribution in [2.24, 2.45) is 0 Å². The molecule has 6 nitrogen and oxygen atoms in total. The van der Waals surface area contributed by atoms with Crippen molar-refractivity contribution in [1.82, 2.24) is 0 Å².